The van der Waals surface area contributed by atoms with Crippen molar-refractivity contribution in [1.82, 2.24) is 0 Å². The van der Waals surface area contributed by atoms with Gasteiger partial charge in [-0.25, -0.2) is 0 Å². The molecule has 6 aliphatic rings. The smallest absolute Gasteiger partial charge is 0.0226 e. The third-order valence-corrected chi connectivity index (χ3v) is 11.8. The van der Waals surface area contributed by atoms with Crippen LogP contribution in [-0.4, -0.2) is 44.7 Å². The predicted octanol–water partition coefficient (Wildman–Crippen LogP) is -2.67. The van der Waals surface area contributed by atoms with Crippen LogP contribution in [0.4, 0.5) is 0 Å². The van der Waals surface area contributed by atoms with E-state index in [2.05, 4.69) is 0 Å². The molecule has 1 spiro atoms. The van der Waals surface area contributed by atoms with Crippen molar-refractivity contribution in [3.8, 4) is 0 Å². The summed E-state index contributed by atoms with van der Waals surface area (Å²) in [6.45, 7) is 0. The van der Waals surface area contributed by atoms with Gasteiger partial charge in [0.2, 0.25) is 0 Å². The Labute approximate surface area is 45.3 Å². The molecule has 0 aromatic rings. The van der Waals surface area contributed by atoms with Gasteiger partial charge < -0.3 is 0 Å². The molecule has 6 saturated heterocycles. The van der Waals surface area contributed by atoms with Crippen molar-refractivity contribution in [2.75, 3.05) is 0 Å². The second-order valence-electron chi connectivity index (χ2n) is 4.26. The van der Waals surface area contributed by atoms with E-state index in [-0.39, 0.29) is 7.55 Å². The lowest BCUT2D eigenvalue weighted by molar-refractivity contribution is 3.34. The van der Waals surface area contributed by atoms with Crippen molar-refractivity contribution in [3.63, 3.8) is 0 Å². The molecule has 6 rings (SSSR count). The summed E-state index contributed by atoms with van der Waals surface area (Å²) in [5.41, 5.74) is 0. The van der Waals surface area contributed by atoms with Crippen LogP contribution in [0.25, 0.3) is 0 Å². The second kappa shape index (κ2) is 0.343. The van der Waals surface area contributed by atoms with Crippen molar-refractivity contribution in [2.45, 2.75) is 0 Å². The standard InChI is InChI=1S/B6Si/c1-2-5-3(1)7(5)4(1)6(2)7. The summed E-state index contributed by atoms with van der Waals surface area (Å²) < 4.78 is 0. The predicted molar refractivity (Wildman–Crippen MR) is 40.3 cm³/mol. The summed E-state index contributed by atoms with van der Waals surface area (Å²) in [5.74, 6) is 0. The summed E-state index contributed by atoms with van der Waals surface area (Å²) in [6, 6.07) is 0. The molecular formula is B6Si. The highest BCUT2D eigenvalue weighted by Gasteiger charge is 3.17. The largest absolute Gasteiger partial charge is 0.112 e. The van der Waals surface area contributed by atoms with Gasteiger partial charge in [0.05, 0.1) is 0 Å². The molecule has 0 amide bonds. The Morgan fingerprint density at radius 1 is 0.714 bits per heavy atom. The molecule has 6 fully saturated rings. The lowest BCUT2D eigenvalue weighted by atomic mass is 8.40. The van der Waals surface area contributed by atoms with Gasteiger partial charge in [-0.15, -0.1) is 7.55 Å². The van der Waals surface area contributed by atoms with E-state index in [1.54, 1.807) is 0 Å². The van der Waals surface area contributed by atoms with Gasteiger partial charge in [0.1, 0.15) is 0 Å². The van der Waals surface area contributed by atoms with Crippen LogP contribution in [0.5, 0.6) is 0 Å². The number of hydrogen-bond acceptors (Lipinski definition) is 0. The van der Waals surface area contributed by atoms with Crippen LogP contribution in [0.2, 0.25) is 0 Å². The summed E-state index contributed by atoms with van der Waals surface area (Å²) >= 11 is 0. The molecule has 0 N–H and O–H groups in total. The summed E-state index contributed by atoms with van der Waals surface area (Å²) in [7, 11) is -0.0864. The molecule has 0 radical (unpaired) electrons. The normalized spacial score (nSPS) is 44.6. The second-order valence-corrected chi connectivity index (χ2v) is 8.92. The molecule has 0 aliphatic carbocycles. The molecule has 0 bridgehead atoms. The van der Waals surface area contributed by atoms with E-state index in [0.29, 0.717) is 0 Å². The van der Waals surface area contributed by atoms with Crippen molar-refractivity contribution in [3.05, 3.63) is 0 Å². The zero-order chi connectivity index (χ0) is 3.96. The Balaban J connectivity index is 2.29. The molecule has 6 aliphatic heterocycles. The Morgan fingerprint density at radius 3 is 1.29 bits per heavy atom. The summed E-state index contributed by atoms with van der Waals surface area (Å²) in [6.07, 6.45) is 8.78. The first-order valence-corrected chi connectivity index (χ1v) is 5.80. The minimum Gasteiger partial charge on any atom is -0.112 e. The average Bonchev–Trinajstić information content (AvgIpc) is 2.13. The maximum absolute atomic E-state index is 1.49. The van der Waals surface area contributed by atoms with Gasteiger partial charge in [0.25, 0.3) is 0 Å². The third kappa shape index (κ3) is 0.0593. The van der Waals surface area contributed by atoms with Crippen molar-refractivity contribution in [2.24, 2.45) is 0 Å². The maximum atomic E-state index is 1.49. The Kier molecular flexibility index (Phi) is 0.121. The minimum atomic E-state index is -0.0864. The summed E-state index contributed by atoms with van der Waals surface area (Å²) in [5, 5.41) is 0. The maximum Gasteiger partial charge on any atom is 0.0226 e. The van der Waals surface area contributed by atoms with Gasteiger partial charge in [-0.05, 0) is 0 Å². The van der Waals surface area contributed by atoms with E-state index in [0.717, 1.165) is 0 Å². The van der Waals surface area contributed by atoms with Crippen molar-refractivity contribution >= 4 is 44.7 Å². The molecule has 0 aromatic heterocycles. The van der Waals surface area contributed by atoms with Crippen LogP contribution < -0.4 is 0 Å². The Bertz CT molecular complexity index is 151. The van der Waals surface area contributed by atoms with E-state index < -0.39 is 0 Å². The first-order chi connectivity index (χ1) is 3.49. The van der Waals surface area contributed by atoms with Crippen molar-refractivity contribution in [1.29, 1.82) is 0 Å². The van der Waals surface area contributed by atoms with Crippen LogP contribution in [-0.2, 0) is 0 Å². The molecule has 0 nitrogen and oxygen atoms in total. The highest BCUT2D eigenvalue weighted by Crippen LogP contribution is 2.80. The lowest BCUT2D eigenvalue weighted by Crippen LogP contribution is -2.79. The van der Waals surface area contributed by atoms with E-state index in [9.17, 15) is 0 Å². The SMILES string of the molecule is B12B3B4B1[Si]41B2B31. The van der Waals surface area contributed by atoms with Gasteiger partial charge in [0.15, 0.2) is 0 Å². The van der Waals surface area contributed by atoms with Gasteiger partial charge in [-0.3, -0.25) is 0 Å². The van der Waals surface area contributed by atoms with Gasteiger partial charge in [0, 0.05) is 37.1 Å². The fraction of sp³-hybridized carbons (Fsp3) is 0. The molecule has 6 heterocycles. The van der Waals surface area contributed by atoms with Crippen LogP contribution >= 0.6 is 0 Å². The fourth-order valence-electron chi connectivity index (χ4n) is 5.03. The first-order valence-electron chi connectivity index (χ1n) is 3.49. The topological polar surface area (TPSA) is 0 Å². The minimum absolute atomic E-state index is 0.0864. The van der Waals surface area contributed by atoms with E-state index >= 15 is 0 Å². The third-order valence-electron chi connectivity index (χ3n) is 4.97. The molecule has 0 saturated carbocycles. The van der Waals surface area contributed by atoms with Crippen LogP contribution in [0.3, 0.4) is 0 Å². The average molecular weight is 93.0 g/mol. The first kappa shape index (κ1) is 2.46. The zero-order valence-corrected chi connectivity index (χ0v) is 4.96. The molecular weight excluding hydrogens is 93.0 g/mol. The highest BCUT2D eigenvalue weighted by molar-refractivity contribution is 8.93. The summed E-state index contributed by atoms with van der Waals surface area (Å²) in [4.78, 5) is 0. The highest BCUT2D eigenvalue weighted by atomic mass is 28.3. The quantitative estimate of drug-likeness (QED) is 0.286. The Hall–Kier alpha value is 0.606. The molecule has 7 heteroatoms. The number of hydrogen-bond donors (Lipinski definition) is 0. The Morgan fingerprint density at radius 2 is 1.14 bits per heavy atom. The lowest BCUT2D eigenvalue weighted by Gasteiger charge is -2.40. The monoisotopic (exact) mass is 94.0 g/mol. The molecule has 0 atom stereocenters. The fourth-order valence-corrected chi connectivity index (χ4v) is 14.5. The molecule has 0 aromatic carbocycles. The number of rotatable bonds is 0. The van der Waals surface area contributed by atoms with Gasteiger partial charge in [-0.2, -0.15) is 0 Å². The van der Waals surface area contributed by atoms with Gasteiger partial charge in [-0.1, -0.05) is 0 Å². The van der Waals surface area contributed by atoms with E-state index in [4.69, 9.17) is 0 Å². The van der Waals surface area contributed by atoms with Gasteiger partial charge >= 0.3 is 0 Å². The van der Waals surface area contributed by atoms with E-state index in [1.165, 1.54) is 37.1 Å². The zero-order valence-electron chi connectivity index (χ0n) is 3.96. The van der Waals surface area contributed by atoms with Crippen LogP contribution in [0.1, 0.15) is 0 Å². The molecule has 0 unspecified atom stereocenters. The van der Waals surface area contributed by atoms with Crippen LogP contribution in [0, 0.1) is 0 Å². The molecule has 22 valence electrons. The van der Waals surface area contributed by atoms with E-state index in [1.807, 2.05) is 0 Å². The molecule has 7 heavy (non-hydrogen) atoms. The van der Waals surface area contributed by atoms with Crippen molar-refractivity contribution < 1.29 is 0 Å². The van der Waals surface area contributed by atoms with Crippen LogP contribution in [0.15, 0.2) is 0 Å².